The molecule has 0 radical (unpaired) electrons. The number of fused-ring (bicyclic) bond motifs is 1. The summed E-state index contributed by atoms with van der Waals surface area (Å²) in [5.74, 6) is -1.17. The van der Waals surface area contributed by atoms with E-state index in [1.165, 1.54) is 0 Å². The van der Waals surface area contributed by atoms with Crippen LogP contribution in [0.2, 0.25) is 0 Å². The SMILES string of the molecule is O=C(NCc1ccncc1)[C@H]1[C@H]2C(=O)N(c3ccccc3)C[C@]23C=C[C@H]1O3. The molecule has 4 heterocycles. The van der Waals surface area contributed by atoms with Crippen molar-refractivity contribution in [1.82, 2.24) is 10.3 Å². The van der Waals surface area contributed by atoms with Gasteiger partial charge in [-0.3, -0.25) is 14.6 Å². The van der Waals surface area contributed by atoms with E-state index in [9.17, 15) is 9.59 Å². The summed E-state index contributed by atoms with van der Waals surface area (Å²) >= 11 is 0. The zero-order valence-corrected chi connectivity index (χ0v) is 14.6. The fourth-order valence-corrected chi connectivity index (χ4v) is 4.43. The first-order valence-electron chi connectivity index (χ1n) is 9.08. The number of anilines is 1. The van der Waals surface area contributed by atoms with Crippen LogP contribution in [-0.4, -0.2) is 35.0 Å². The molecule has 1 aromatic heterocycles. The Labute approximate surface area is 156 Å². The Balaban J connectivity index is 1.38. The lowest BCUT2D eigenvalue weighted by Crippen LogP contribution is -2.43. The van der Waals surface area contributed by atoms with Gasteiger partial charge in [0.2, 0.25) is 11.8 Å². The van der Waals surface area contributed by atoms with Gasteiger partial charge in [0.05, 0.1) is 24.5 Å². The number of carbonyl (C=O) groups excluding carboxylic acids is 2. The van der Waals surface area contributed by atoms with Crippen LogP contribution >= 0.6 is 0 Å². The Bertz CT molecular complexity index is 915. The molecule has 2 aromatic rings. The molecular weight excluding hydrogens is 342 g/mol. The molecule has 1 aromatic carbocycles. The van der Waals surface area contributed by atoms with Crippen molar-refractivity contribution in [2.24, 2.45) is 11.8 Å². The van der Waals surface area contributed by atoms with Gasteiger partial charge in [-0.2, -0.15) is 0 Å². The Morgan fingerprint density at radius 2 is 2.00 bits per heavy atom. The molecular formula is C21H19N3O3. The van der Waals surface area contributed by atoms with E-state index in [2.05, 4.69) is 10.3 Å². The molecule has 6 nitrogen and oxygen atoms in total. The smallest absolute Gasteiger partial charge is 0.234 e. The summed E-state index contributed by atoms with van der Waals surface area (Å²) in [6.45, 7) is 0.853. The number of benzene rings is 1. The summed E-state index contributed by atoms with van der Waals surface area (Å²) in [6, 6.07) is 13.3. The monoisotopic (exact) mass is 361 g/mol. The van der Waals surface area contributed by atoms with E-state index in [1.807, 2.05) is 54.6 Å². The van der Waals surface area contributed by atoms with Crippen LogP contribution in [0.4, 0.5) is 5.69 Å². The van der Waals surface area contributed by atoms with Crippen LogP contribution in [0.3, 0.4) is 0 Å². The Hall–Kier alpha value is -2.99. The summed E-state index contributed by atoms with van der Waals surface area (Å²) in [7, 11) is 0. The van der Waals surface area contributed by atoms with E-state index in [1.54, 1.807) is 17.3 Å². The lowest BCUT2D eigenvalue weighted by Gasteiger charge is -2.23. The quantitative estimate of drug-likeness (QED) is 0.841. The zero-order chi connectivity index (χ0) is 18.4. The maximum Gasteiger partial charge on any atom is 0.234 e. The number of ether oxygens (including phenoxy) is 1. The molecule has 2 amide bonds. The highest BCUT2D eigenvalue weighted by Crippen LogP contribution is 2.52. The fourth-order valence-electron chi connectivity index (χ4n) is 4.43. The summed E-state index contributed by atoms with van der Waals surface area (Å²) < 4.78 is 6.15. The minimum Gasteiger partial charge on any atom is -0.360 e. The van der Waals surface area contributed by atoms with Crippen LogP contribution in [0.15, 0.2) is 67.0 Å². The molecule has 2 fully saturated rings. The number of carbonyl (C=O) groups is 2. The van der Waals surface area contributed by atoms with Crippen LogP contribution in [0.25, 0.3) is 0 Å². The van der Waals surface area contributed by atoms with Crippen molar-refractivity contribution in [3.05, 3.63) is 72.6 Å². The summed E-state index contributed by atoms with van der Waals surface area (Å²) in [6.07, 6.45) is 6.94. The van der Waals surface area contributed by atoms with Gasteiger partial charge in [0.15, 0.2) is 0 Å². The number of hydrogen-bond donors (Lipinski definition) is 1. The number of para-hydroxylation sites is 1. The van der Waals surface area contributed by atoms with Crippen molar-refractivity contribution in [3.8, 4) is 0 Å². The molecule has 2 saturated heterocycles. The first-order chi connectivity index (χ1) is 13.2. The molecule has 1 N–H and O–H groups in total. The molecule has 0 unspecified atom stereocenters. The van der Waals surface area contributed by atoms with E-state index in [-0.39, 0.29) is 17.9 Å². The minimum atomic E-state index is -0.698. The lowest BCUT2D eigenvalue weighted by atomic mass is 9.77. The number of pyridine rings is 1. The maximum atomic E-state index is 13.2. The number of rotatable bonds is 4. The maximum absolute atomic E-state index is 13.2. The molecule has 3 aliphatic rings. The van der Waals surface area contributed by atoms with Gasteiger partial charge in [-0.15, -0.1) is 0 Å². The Kier molecular flexibility index (Phi) is 3.62. The fraction of sp³-hybridized carbons (Fsp3) is 0.286. The molecule has 3 aliphatic heterocycles. The van der Waals surface area contributed by atoms with E-state index < -0.39 is 17.4 Å². The second kappa shape index (κ2) is 6.03. The standard InChI is InChI=1S/C21H19N3O3/c25-19(23-12-14-7-10-22-11-8-14)17-16-6-9-21(27-16)13-24(20(26)18(17)21)15-4-2-1-3-5-15/h1-11,16-18H,12-13H2,(H,23,25)/t16-,17-,18+,21-/m1/s1. The van der Waals surface area contributed by atoms with Gasteiger partial charge in [-0.05, 0) is 29.8 Å². The molecule has 1 spiro atoms. The third-order valence-electron chi connectivity index (χ3n) is 5.69. The second-order valence-electron chi connectivity index (χ2n) is 7.23. The normalized spacial score (nSPS) is 30.6. The zero-order valence-electron chi connectivity index (χ0n) is 14.6. The number of nitrogens with one attached hydrogen (secondary N) is 1. The van der Waals surface area contributed by atoms with Gasteiger partial charge in [-0.1, -0.05) is 30.4 Å². The number of hydrogen-bond acceptors (Lipinski definition) is 4. The largest absolute Gasteiger partial charge is 0.360 e. The predicted octanol–water partition coefficient (Wildman–Crippen LogP) is 1.68. The first kappa shape index (κ1) is 16.2. The van der Waals surface area contributed by atoms with Crippen LogP contribution in [-0.2, 0) is 20.9 Å². The third kappa shape index (κ3) is 2.48. The average molecular weight is 361 g/mol. The highest BCUT2D eigenvalue weighted by atomic mass is 16.5. The van der Waals surface area contributed by atoms with E-state index in [0.717, 1.165) is 11.3 Å². The Morgan fingerprint density at radius 1 is 1.22 bits per heavy atom. The van der Waals surface area contributed by atoms with E-state index >= 15 is 0 Å². The van der Waals surface area contributed by atoms with Gasteiger partial charge in [-0.25, -0.2) is 0 Å². The molecule has 136 valence electrons. The molecule has 5 rings (SSSR count). The number of amides is 2. The topological polar surface area (TPSA) is 71.5 Å². The van der Waals surface area contributed by atoms with E-state index in [0.29, 0.717) is 13.1 Å². The average Bonchev–Trinajstić information content (AvgIpc) is 3.36. The van der Waals surface area contributed by atoms with Crippen LogP contribution in [0.1, 0.15) is 5.56 Å². The first-order valence-corrected chi connectivity index (χ1v) is 9.08. The highest BCUT2D eigenvalue weighted by molar-refractivity contribution is 6.03. The Morgan fingerprint density at radius 3 is 2.78 bits per heavy atom. The summed E-state index contributed by atoms with van der Waals surface area (Å²) in [4.78, 5) is 31.8. The predicted molar refractivity (Wildman–Crippen MR) is 98.6 cm³/mol. The van der Waals surface area contributed by atoms with Gasteiger partial charge in [0, 0.05) is 24.6 Å². The van der Waals surface area contributed by atoms with Crippen LogP contribution < -0.4 is 10.2 Å². The summed E-state index contributed by atoms with van der Waals surface area (Å²) in [5, 5.41) is 2.96. The molecule has 27 heavy (non-hydrogen) atoms. The number of aromatic nitrogens is 1. The van der Waals surface area contributed by atoms with Crippen LogP contribution in [0.5, 0.6) is 0 Å². The van der Waals surface area contributed by atoms with Gasteiger partial charge in [0.1, 0.15) is 5.60 Å². The van der Waals surface area contributed by atoms with Crippen molar-refractivity contribution < 1.29 is 14.3 Å². The third-order valence-corrected chi connectivity index (χ3v) is 5.69. The summed E-state index contributed by atoms with van der Waals surface area (Å²) in [5.41, 5.74) is 1.11. The van der Waals surface area contributed by atoms with Gasteiger partial charge < -0.3 is 15.0 Å². The molecule has 2 bridgehead atoms. The van der Waals surface area contributed by atoms with Gasteiger partial charge in [0.25, 0.3) is 0 Å². The van der Waals surface area contributed by atoms with Crippen molar-refractivity contribution in [2.45, 2.75) is 18.2 Å². The molecule has 6 heteroatoms. The van der Waals surface area contributed by atoms with Crippen molar-refractivity contribution >= 4 is 17.5 Å². The van der Waals surface area contributed by atoms with Crippen molar-refractivity contribution in [2.75, 3.05) is 11.4 Å². The van der Waals surface area contributed by atoms with Gasteiger partial charge >= 0.3 is 0 Å². The van der Waals surface area contributed by atoms with Crippen molar-refractivity contribution in [3.63, 3.8) is 0 Å². The molecule has 0 saturated carbocycles. The second-order valence-corrected chi connectivity index (χ2v) is 7.23. The van der Waals surface area contributed by atoms with Crippen molar-refractivity contribution in [1.29, 1.82) is 0 Å². The minimum absolute atomic E-state index is 0.0443. The lowest BCUT2D eigenvalue weighted by molar-refractivity contribution is -0.132. The number of nitrogens with zero attached hydrogens (tertiary/aromatic N) is 2. The molecule has 4 atom stereocenters. The molecule has 0 aliphatic carbocycles. The van der Waals surface area contributed by atoms with Crippen LogP contribution in [0, 0.1) is 11.8 Å². The highest BCUT2D eigenvalue weighted by Gasteiger charge is 2.66. The van der Waals surface area contributed by atoms with E-state index in [4.69, 9.17) is 4.74 Å².